The van der Waals surface area contributed by atoms with E-state index in [1.54, 1.807) is 48.5 Å². The Kier molecular flexibility index (Phi) is 7.43. The van der Waals surface area contributed by atoms with Crippen LogP contribution in [0.1, 0.15) is 43.4 Å². The van der Waals surface area contributed by atoms with E-state index >= 15 is 0 Å². The van der Waals surface area contributed by atoms with Crippen LogP contribution in [-0.2, 0) is 4.79 Å². The van der Waals surface area contributed by atoms with Gasteiger partial charge in [0, 0.05) is 4.92 Å². The quantitative estimate of drug-likeness (QED) is 0.290. The number of carbonyl (C=O) groups excluding carboxylic acids is 1. The molecule has 1 amide bonds. The van der Waals surface area contributed by atoms with Crippen molar-refractivity contribution in [3.8, 4) is 0 Å². The number of amides is 1. The van der Waals surface area contributed by atoms with Gasteiger partial charge in [-0.15, -0.1) is 0 Å². The van der Waals surface area contributed by atoms with Crippen LogP contribution in [-0.4, -0.2) is 46.0 Å². The Balaban J connectivity index is 1.98. The summed E-state index contributed by atoms with van der Waals surface area (Å²) in [6.07, 6.45) is 0.368. The Labute approximate surface area is 182 Å². The zero-order valence-corrected chi connectivity index (χ0v) is 17.6. The molecule has 0 aliphatic carbocycles. The van der Waals surface area contributed by atoms with Crippen molar-refractivity contribution in [3.05, 3.63) is 81.9 Å². The van der Waals surface area contributed by atoms with Crippen molar-refractivity contribution in [2.24, 2.45) is 5.92 Å². The van der Waals surface area contributed by atoms with Crippen molar-refractivity contribution in [3.63, 3.8) is 0 Å². The lowest BCUT2D eigenvalue weighted by molar-refractivity contribution is -0.527. The first-order valence-electron chi connectivity index (χ1n) is 10.5. The lowest BCUT2D eigenvalue weighted by atomic mass is 9.74. The summed E-state index contributed by atoms with van der Waals surface area (Å²) < 4.78 is 0. The average Bonchev–Trinajstić information content (AvgIpc) is 3.15. The second kappa shape index (κ2) is 10.0. The van der Waals surface area contributed by atoms with E-state index in [9.17, 15) is 25.0 Å². The van der Waals surface area contributed by atoms with Gasteiger partial charge < -0.3 is 15.4 Å². The molecular weight excluding hydrogens is 397 g/mol. The highest BCUT2D eigenvalue weighted by Crippen LogP contribution is 2.40. The smallest absolute Gasteiger partial charge is 0.426 e. The highest BCUT2D eigenvalue weighted by molar-refractivity contribution is 6.43. The van der Waals surface area contributed by atoms with E-state index in [1.807, 2.05) is 26.0 Å². The fourth-order valence-corrected chi connectivity index (χ4v) is 4.35. The third kappa shape index (κ3) is 5.30. The fourth-order valence-electron chi connectivity index (χ4n) is 4.35. The van der Waals surface area contributed by atoms with E-state index in [0.29, 0.717) is 12.0 Å². The van der Waals surface area contributed by atoms with Gasteiger partial charge >= 0.3 is 7.12 Å². The van der Waals surface area contributed by atoms with Crippen molar-refractivity contribution in [2.75, 3.05) is 0 Å². The molecule has 0 saturated carbocycles. The Bertz CT molecular complexity index is 881. The van der Waals surface area contributed by atoms with E-state index in [0.717, 1.165) is 5.56 Å². The van der Waals surface area contributed by atoms with E-state index in [-0.39, 0.29) is 10.8 Å². The normalized spacial score (nSPS) is 24.0. The maximum absolute atomic E-state index is 13.3. The highest BCUT2D eigenvalue weighted by atomic mass is 16.6. The summed E-state index contributed by atoms with van der Waals surface area (Å²) in [5.74, 6) is -1.96. The number of carbonyl (C=O) groups is 1. The Hall–Kier alpha value is -2.75. The molecule has 0 bridgehead atoms. The Morgan fingerprint density at radius 2 is 1.65 bits per heavy atom. The van der Waals surface area contributed by atoms with Gasteiger partial charge in [0.25, 0.3) is 0 Å². The molecule has 1 fully saturated rings. The van der Waals surface area contributed by atoms with E-state index in [1.165, 1.54) is 0 Å². The molecule has 164 valence electrons. The molecular formula is C22H28BN3O5. The number of benzene rings is 2. The van der Waals surface area contributed by atoms with Crippen LogP contribution in [0.3, 0.4) is 0 Å². The predicted molar refractivity (Wildman–Crippen MR) is 118 cm³/mol. The van der Waals surface area contributed by atoms with Crippen molar-refractivity contribution < 1.29 is 19.8 Å². The van der Waals surface area contributed by atoms with Gasteiger partial charge in [0.15, 0.2) is 0 Å². The van der Waals surface area contributed by atoms with Gasteiger partial charge in [-0.05, 0) is 23.5 Å². The first kappa shape index (κ1) is 22.9. The van der Waals surface area contributed by atoms with Crippen LogP contribution < -0.4 is 10.6 Å². The monoisotopic (exact) mass is 425 g/mol. The molecule has 2 aromatic carbocycles. The summed E-state index contributed by atoms with van der Waals surface area (Å²) >= 11 is 0. The summed E-state index contributed by atoms with van der Waals surface area (Å²) in [6, 6.07) is 15.4. The minimum absolute atomic E-state index is 0.122. The van der Waals surface area contributed by atoms with Gasteiger partial charge in [0.05, 0.1) is 11.9 Å². The first-order valence-corrected chi connectivity index (χ1v) is 10.5. The SMILES string of the molecule is CC(C)CC(NC(=O)C1NC(c2ccccc2)[C@H]([N+](=O)[O-])C1c1ccccc1)B(O)O. The number of nitrogens with one attached hydrogen (secondary N) is 2. The second-order valence-electron chi connectivity index (χ2n) is 8.40. The lowest BCUT2D eigenvalue weighted by Crippen LogP contribution is -2.53. The molecule has 1 aliphatic rings. The molecule has 0 spiro atoms. The molecule has 31 heavy (non-hydrogen) atoms. The van der Waals surface area contributed by atoms with Crippen LogP contribution in [0.2, 0.25) is 0 Å². The summed E-state index contributed by atoms with van der Waals surface area (Å²) in [5.41, 5.74) is 1.40. The molecule has 5 atom stereocenters. The third-order valence-corrected chi connectivity index (χ3v) is 5.71. The molecule has 1 aliphatic heterocycles. The number of hydrogen-bond acceptors (Lipinski definition) is 6. The molecule has 0 aromatic heterocycles. The van der Waals surface area contributed by atoms with E-state index < -0.39 is 43.0 Å². The zero-order chi connectivity index (χ0) is 22.5. The molecule has 1 saturated heterocycles. The van der Waals surface area contributed by atoms with Crippen molar-refractivity contribution in [1.29, 1.82) is 0 Å². The van der Waals surface area contributed by atoms with Crippen LogP contribution in [0.25, 0.3) is 0 Å². The first-order chi connectivity index (χ1) is 14.8. The Morgan fingerprint density at radius 1 is 1.10 bits per heavy atom. The number of nitrogens with zero attached hydrogens (tertiary/aromatic N) is 1. The lowest BCUT2D eigenvalue weighted by Gasteiger charge is -2.24. The van der Waals surface area contributed by atoms with Gasteiger partial charge in [-0.1, -0.05) is 74.5 Å². The minimum atomic E-state index is -1.72. The van der Waals surface area contributed by atoms with Gasteiger partial charge in [-0.2, -0.15) is 0 Å². The van der Waals surface area contributed by atoms with Crippen LogP contribution in [0.5, 0.6) is 0 Å². The van der Waals surface area contributed by atoms with Gasteiger partial charge in [0.1, 0.15) is 12.1 Å². The number of rotatable bonds is 8. The average molecular weight is 425 g/mol. The number of nitro groups is 1. The Morgan fingerprint density at radius 3 is 2.13 bits per heavy atom. The molecule has 0 radical (unpaired) electrons. The fraction of sp³-hybridized carbons (Fsp3) is 0.409. The molecule has 2 aromatic rings. The third-order valence-electron chi connectivity index (χ3n) is 5.71. The maximum atomic E-state index is 13.3. The molecule has 4 unspecified atom stereocenters. The van der Waals surface area contributed by atoms with Crippen molar-refractivity contribution in [2.45, 2.75) is 50.3 Å². The number of hydrogen-bond donors (Lipinski definition) is 4. The standard InChI is InChI=1S/C22H28BN3O5/c1-14(2)13-17(23(28)29)24-22(27)20-18(15-9-5-3-6-10-15)21(26(30)31)19(25-20)16-11-7-4-8-12-16/h3-12,14,17-21,25,28-29H,13H2,1-2H3,(H,24,27)/t17?,18?,19?,20?,21-/m1/s1. The summed E-state index contributed by atoms with van der Waals surface area (Å²) in [5, 5.41) is 37.5. The summed E-state index contributed by atoms with van der Waals surface area (Å²) in [4.78, 5) is 25.1. The molecule has 1 heterocycles. The molecule has 3 rings (SSSR count). The second-order valence-corrected chi connectivity index (χ2v) is 8.40. The van der Waals surface area contributed by atoms with Crippen LogP contribution >= 0.6 is 0 Å². The summed E-state index contributed by atoms with van der Waals surface area (Å²) in [7, 11) is -1.72. The largest absolute Gasteiger partial charge is 0.475 e. The zero-order valence-electron chi connectivity index (χ0n) is 17.6. The van der Waals surface area contributed by atoms with Crippen molar-refractivity contribution in [1.82, 2.24) is 10.6 Å². The minimum Gasteiger partial charge on any atom is -0.426 e. The molecule has 9 heteroatoms. The molecule has 4 N–H and O–H groups in total. The van der Waals surface area contributed by atoms with Crippen LogP contribution in [0.4, 0.5) is 0 Å². The van der Waals surface area contributed by atoms with Gasteiger partial charge in [0.2, 0.25) is 11.9 Å². The summed E-state index contributed by atoms with van der Waals surface area (Å²) in [6.45, 7) is 3.83. The topological polar surface area (TPSA) is 125 Å². The van der Waals surface area contributed by atoms with Gasteiger partial charge in [-0.25, -0.2) is 0 Å². The predicted octanol–water partition coefficient (Wildman–Crippen LogP) is 1.67. The molecule has 8 nitrogen and oxygen atoms in total. The van der Waals surface area contributed by atoms with Crippen LogP contribution in [0.15, 0.2) is 60.7 Å². The van der Waals surface area contributed by atoms with E-state index in [2.05, 4.69) is 10.6 Å². The highest BCUT2D eigenvalue weighted by Gasteiger charge is 2.54. The van der Waals surface area contributed by atoms with Gasteiger partial charge in [-0.3, -0.25) is 20.2 Å². The van der Waals surface area contributed by atoms with Crippen LogP contribution in [0, 0.1) is 16.0 Å². The van der Waals surface area contributed by atoms with Crippen molar-refractivity contribution >= 4 is 13.0 Å². The maximum Gasteiger partial charge on any atom is 0.475 e. The van der Waals surface area contributed by atoms with E-state index in [4.69, 9.17) is 0 Å².